The Balaban J connectivity index is 1.96. The van der Waals surface area contributed by atoms with Crippen LogP contribution in [0.5, 0.6) is 0 Å². The van der Waals surface area contributed by atoms with Gasteiger partial charge in [-0.1, -0.05) is 18.2 Å². The van der Waals surface area contributed by atoms with E-state index in [4.69, 9.17) is 4.74 Å². The molecule has 0 spiro atoms. The molecule has 0 bridgehead atoms. The summed E-state index contributed by atoms with van der Waals surface area (Å²) >= 11 is 0. The first-order valence-corrected chi connectivity index (χ1v) is 8.82. The highest BCUT2D eigenvalue weighted by atomic mass is 16.5. The fourth-order valence-electron chi connectivity index (χ4n) is 3.22. The van der Waals surface area contributed by atoms with Crippen LogP contribution in [-0.2, 0) is 24.9 Å². The number of nitrogens with one attached hydrogen (secondary N) is 1. The van der Waals surface area contributed by atoms with E-state index in [1.54, 1.807) is 36.2 Å². The number of benzene rings is 1. The molecule has 27 heavy (non-hydrogen) atoms. The molecular weight excluding hydrogens is 344 g/mol. The molecule has 7 nitrogen and oxygen atoms in total. The van der Waals surface area contributed by atoms with Gasteiger partial charge in [0.1, 0.15) is 0 Å². The summed E-state index contributed by atoms with van der Waals surface area (Å²) in [5.74, 6) is -0.222. The topological polar surface area (TPSA) is 78.2 Å². The van der Waals surface area contributed by atoms with Crippen molar-refractivity contribution in [1.29, 1.82) is 0 Å². The lowest BCUT2D eigenvalue weighted by Gasteiger charge is -2.12. The van der Waals surface area contributed by atoms with Crippen molar-refractivity contribution in [2.45, 2.75) is 26.9 Å². The first-order valence-electron chi connectivity index (χ1n) is 8.82. The number of hydrogen-bond acceptors (Lipinski definition) is 4. The SMILES string of the molecule is COCCn1cc(C(=O)NCc2c(C)nn(C)c2C)c2ccccc2c1=O. The summed E-state index contributed by atoms with van der Waals surface area (Å²) in [5, 5.41) is 8.51. The number of pyridine rings is 1. The van der Waals surface area contributed by atoms with Gasteiger partial charge in [0.2, 0.25) is 0 Å². The fourth-order valence-corrected chi connectivity index (χ4v) is 3.22. The lowest BCUT2D eigenvalue weighted by molar-refractivity contribution is 0.0951. The van der Waals surface area contributed by atoms with Gasteiger partial charge in [-0.3, -0.25) is 14.3 Å². The zero-order valence-corrected chi connectivity index (χ0v) is 16.1. The monoisotopic (exact) mass is 368 g/mol. The second-order valence-corrected chi connectivity index (χ2v) is 6.54. The highest BCUT2D eigenvalue weighted by Crippen LogP contribution is 2.17. The average Bonchev–Trinajstić information content (AvgIpc) is 2.91. The smallest absolute Gasteiger partial charge is 0.258 e. The number of nitrogens with zero attached hydrogens (tertiary/aromatic N) is 3. The van der Waals surface area contributed by atoms with Crippen molar-refractivity contribution in [2.24, 2.45) is 7.05 Å². The molecule has 2 heterocycles. The molecular formula is C20H24N4O3. The average molecular weight is 368 g/mol. The molecule has 0 atom stereocenters. The van der Waals surface area contributed by atoms with E-state index in [-0.39, 0.29) is 11.5 Å². The summed E-state index contributed by atoms with van der Waals surface area (Å²) in [6.07, 6.45) is 1.61. The van der Waals surface area contributed by atoms with Gasteiger partial charge in [-0.25, -0.2) is 0 Å². The molecule has 0 saturated heterocycles. The Morgan fingerprint density at radius 1 is 1.22 bits per heavy atom. The summed E-state index contributed by atoms with van der Waals surface area (Å²) in [5.41, 5.74) is 3.26. The number of ether oxygens (including phenoxy) is 1. The first-order chi connectivity index (χ1) is 12.9. The van der Waals surface area contributed by atoms with Crippen LogP contribution in [0.25, 0.3) is 10.8 Å². The van der Waals surface area contributed by atoms with Crippen LogP contribution in [0.2, 0.25) is 0 Å². The van der Waals surface area contributed by atoms with E-state index in [1.807, 2.05) is 27.0 Å². The van der Waals surface area contributed by atoms with Gasteiger partial charge in [0.15, 0.2) is 0 Å². The van der Waals surface area contributed by atoms with E-state index < -0.39 is 0 Å². The molecule has 1 N–H and O–H groups in total. The van der Waals surface area contributed by atoms with E-state index in [0.717, 1.165) is 17.0 Å². The minimum Gasteiger partial charge on any atom is -0.383 e. The first kappa shape index (κ1) is 18.8. The summed E-state index contributed by atoms with van der Waals surface area (Å²) in [4.78, 5) is 25.6. The van der Waals surface area contributed by atoms with Crippen molar-refractivity contribution in [3.05, 3.63) is 63.3 Å². The second kappa shape index (κ2) is 7.75. The maximum atomic E-state index is 12.9. The summed E-state index contributed by atoms with van der Waals surface area (Å²) < 4.78 is 8.41. The normalized spacial score (nSPS) is 11.1. The highest BCUT2D eigenvalue weighted by Gasteiger charge is 2.16. The van der Waals surface area contributed by atoms with Gasteiger partial charge in [-0.2, -0.15) is 5.10 Å². The molecule has 3 rings (SSSR count). The van der Waals surface area contributed by atoms with Crippen molar-refractivity contribution >= 4 is 16.7 Å². The van der Waals surface area contributed by atoms with E-state index in [1.165, 1.54) is 4.57 Å². The molecule has 142 valence electrons. The van der Waals surface area contributed by atoms with Gasteiger partial charge in [0, 0.05) is 55.5 Å². The largest absolute Gasteiger partial charge is 0.383 e. The number of amides is 1. The number of carbonyl (C=O) groups excluding carboxylic acids is 1. The quantitative estimate of drug-likeness (QED) is 0.721. The van der Waals surface area contributed by atoms with Crippen molar-refractivity contribution in [3.63, 3.8) is 0 Å². The lowest BCUT2D eigenvalue weighted by atomic mass is 10.1. The van der Waals surface area contributed by atoms with Gasteiger partial charge >= 0.3 is 0 Å². The number of fused-ring (bicyclic) bond motifs is 1. The summed E-state index contributed by atoms with van der Waals surface area (Å²) in [6.45, 7) is 5.07. The van der Waals surface area contributed by atoms with Crippen LogP contribution in [-0.4, -0.2) is 34.0 Å². The molecule has 1 amide bonds. The third-order valence-electron chi connectivity index (χ3n) is 4.86. The third kappa shape index (κ3) is 3.64. The maximum Gasteiger partial charge on any atom is 0.258 e. The van der Waals surface area contributed by atoms with Crippen molar-refractivity contribution in [2.75, 3.05) is 13.7 Å². The summed E-state index contributed by atoms with van der Waals surface area (Å²) in [7, 11) is 3.46. The zero-order valence-electron chi connectivity index (χ0n) is 16.1. The Labute approximate surface area is 157 Å². The van der Waals surface area contributed by atoms with Crippen LogP contribution in [0.1, 0.15) is 27.3 Å². The van der Waals surface area contributed by atoms with Crippen molar-refractivity contribution in [1.82, 2.24) is 19.7 Å². The van der Waals surface area contributed by atoms with Crippen molar-refractivity contribution < 1.29 is 9.53 Å². The number of methoxy groups -OCH3 is 1. The number of carbonyl (C=O) groups is 1. The van der Waals surface area contributed by atoms with Crippen LogP contribution >= 0.6 is 0 Å². The predicted octanol–water partition coefficient (Wildman–Crippen LogP) is 1.93. The molecule has 0 fully saturated rings. The Morgan fingerprint density at radius 3 is 2.56 bits per heavy atom. The minimum absolute atomic E-state index is 0.127. The zero-order chi connectivity index (χ0) is 19.6. The molecule has 0 aliphatic heterocycles. The second-order valence-electron chi connectivity index (χ2n) is 6.54. The number of aromatic nitrogens is 3. The Bertz CT molecular complexity index is 1050. The van der Waals surface area contributed by atoms with Gasteiger partial charge in [-0.05, 0) is 19.9 Å². The lowest BCUT2D eigenvalue weighted by Crippen LogP contribution is -2.28. The molecule has 0 unspecified atom stereocenters. The fraction of sp³-hybridized carbons (Fsp3) is 0.350. The Kier molecular flexibility index (Phi) is 5.41. The molecule has 0 aliphatic carbocycles. The molecule has 0 saturated carbocycles. The third-order valence-corrected chi connectivity index (χ3v) is 4.86. The number of aryl methyl sites for hydroxylation is 2. The van der Waals surface area contributed by atoms with Crippen LogP contribution in [0.3, 0.4) is 0 Å². The van der Waals surface area contributed by atoms with Crippen molar-refractivity contribution in [3.8, 4) is 0 Å². The van der Waals surface area contributed by atoms with Crippen LogP contribution in [0, 0.1) is 13.8 Å². The maximum absolute atomic E-state index is 12.9. The molecule has 1 aromatic carbocycles. The van der Waals surface area contributed by atoms with E-state index in [2.05, 4.69) is 10.4 Å². The van der Waals surface area contributed by atoms with Gasteiger partial charge in [0.05, 0.1) is 17.9 Å². The Morgan fingerprint density at radius 2 is 1.93 bits per heavy atom. The van der Waals surface area contributed by atoms with Crippen LogP contribution in [0.4, 0.5) is 0 Å². The number of rotatable bonds is 6. The van der Waals surface area contributed by atoms with Crippen LogP contribution in [0.15, 0.2) is 35.3 Å². The molecule has 2 aromatic heterocycles. The number of hydrogen-bond donors (Lipinski definition) is 1. The standard InChI is InChI=1S/C20H24N4O3/c1-13-17(14(2)23(3)22-13)11-21-19(25)18-12-24(9-10-27-4)20(26)16-8-6-5-7-15(16)18/h5-8,12H,9-11H2,1-4H3,(H,21,25). The van der Waals surface area contributed by atoms with E-state index in [0.29, 0.717) is 36.0 Å². The van der Waals surface area contributed by atoms with E-state index >= 15 is 0 Å². The van der Waals surface area contributed by atoms with Gasteiger partial charge < -0.3 is 14.6 Å². The molecule has 7 heteroatoms. The Hall–Kier alpha value is -2.93. The van der Waals surface area contributed by atoms with Crippen LogP contribution < -0.4 is 10.9 Å². The highest BCUT2D eigenvalue weighted by molar-refractivity contribution is 6.06. The van der Waals surface area contributed by atoms with Gasteiger partial charge in [-0.15, -0.1) is 0 Å². The van der Waals surface area contributed by atoms with Gasteiger partial charge in [0.25, 0.3) is 11.5 Å². The minimum atomic E-state index is -0.222. The molecule has 3 aromatic rings. The predicted molar refractivity (Wildman–Crippen MR) is 104 cm³/mol. The molecule has 0 radical (unpaired) electrons. The van der Waals surface area contributed by atoms with E-state index in [9.17, 15) is 9.59 Å². The molecule has 0 aliphatic rings. The summed E-state index contributed by atoms with van der Waals surface area (Å²) in [6, 6.07) is 7.17.